The van der Waals surface area contributed by atoms with Gasteiger partial charge in [-0.15, -0.1) is 0 Å². The monoisotopic (exact) mass is 286 g/mol. The van der Waals surface area contributed by atoms with Gasteiger partial charge < -0.3 is 5.32 Å². The van der Waals surface area contributed by atoms with Gasteiger partial charge in [-0.1, -0.05) is 13.8 Å². The number of hydrogen-bond acceptors (Lipinski definition) is 4. The highest BCUT2D eigenvalue weighted by Crippen LogP contribution is 2.24. The minimum atomic E-state index is -0.164. The first kappa shape index (κ1) is 16.8. The number of carbonyl (C=O) groups is 1. The van der Waals surface area contributed by atoms with Crippen LogP contribution in [0.4, 0.5) is 5.69 Å². The molecule has 2 heterocycles. The molecule has 0 fully saturated rings. The van der Waals surface area contributed by atoms with E-state index in [2.05, 4.69) is 20.3 Å². The van der Waals surface area contributed by atoms with Crippen molar-refractivity contribution >= 4 is 23.6 Å². The zero-order chi connectivity index (χ0) is 15.8. The lowest BCUT2D eigenvalue weighted by Crippen LogP contribution is -2.31. The number of pyridine rings is 1. The maximum absolute atomic E-state index is 12.0. The van der Waals surface area contributed by atoms with Gasteiger partial charge in [0.2, 0.25) is 0 Å². The first-order valence-electron chi connectivity index (χ1n) is 7.09. The van der Waals surface area contributed by atoms with Gasteiger partial charge >= 0.3 is 0 Å². The summed E-state index contributed by atoms with van der Waals surface area (Å²) in [6.45, 7) is 9.38. The van der Waals surface area contributed by atoms with E-state index in [-0.39, 0.29) is 5.91 Å². The van der Waals surface area contributed by atoms with Gasteiger partial charge in [0.15, 0.2) is 0 Å². The van der Waals surface area contributed by atoms with Crippen LogP contribution in [0.15, 0.2) is 39.7 Å². The summed E-state index contributed by atoms with van der Waals surface area (Å²) in [4.78, 5) is 24.5. The van der Waals surface area contributed by atoms with E-state index < -0.39 is 0 Å². The molecule has 0 saturated heterocycles. The molecule has 2 rings (SSSR count). The van der Waals surface area contributed by atoms with E-state index in [0.717, 1.165) is 11.3 Å². The van der Waals surface area contributed by atoms with Crippen molar-refractivity contribution in [3.8, 4) is 0 Å². The van der Waals surface area contributed by atoms with Crippen LogP contribution in [0, 0.1) is 0 Å². The Balaban J connectivity index is 0.00000106. The Bertz CT molecular complexity index is 600. The molecule has 0 atom stereocenters. The lowest BCUT2D eigenvalue weighted by atomic mass is 10.2. The second kappa shape index (κ2) is 8.09. The number of hydrogen-bond donors (Lipinski definition) is 1. The molecule has 21 heavy (non-hydrogen) atoms. The fraction of sp³-hybridized carbons (Fsp3) is 0.375. The van der Waals surface area contributed by atoms with E-state index >= 15 is 0 Å². The second-order valence-electron chi connectivity index (χ2n) is 4.29. The van der Waals surface area contributed by atoms with E-state index in [1.165, 1.54) is 0 Å². The van der Waals surface area contributed by atoms with E-state index in [9.17, 15) is 4.79 Å². The maximum atomic E-state index is 12.0. The zero-order valence-corrected chi connectivity index (χ0v) is 13.3. The van der Waals surface area contributed by atoms with Crippen LogP contribution < -0.4 is 5.32 Å². The highest BCUT2D eigenvalue weighted by Gasteiger charge is 2.17. The van der Waals surface area contributed by atoms with Gasteiger partial charge in [-0.25, -0.2) is 4.99 Å². The van der Waals surface area contributed by atoms with Crippen LogP contribution in [-0.2, 0) is 11.2 Å². The minimum absolute atomic E-state index is 0.164. The van der Waals surface area contributed by atoms with Gasteiger partial charge in [-0.2, -0.15) is 0 Å². The fourth-order valence-electron chi connectivity index (χ4n) is 1.78. The van der Waals surface area contributed by atoms with Crippen molar-refractivity contribution in [2.75, 3.05) is 0 Å². The molecule has 0 spiro atoms. The predicted octanol–water partition coefficient (Wildman–Crippen LogP) is 3.19. The first-order chi connectivity index (χ1) is 10.1. The van der Waals surface area contributed by atoms with Crippen LogP contribution >= 0.6 is 0 Å². The third-order valence-electron chi connectivity index (χ3n) is 2.96. The van der Waals surface area contributed by atoms with Crippen molar-refractivity contribution in [3.63, 3.8) is 0 Å². The summed E-state index contributed by atoms with van der Waals surface area (Å²) < 4.78 is 0. The first-order valence-corrected chi connectivity index (χ1v) is 7.09. The largest absolute Gasteiger partial charge is 0.310 e. The van der Waals surface area contributed by atoms with Crippen molar-refractivity contribution in [1.82, 2.24) is 10.3 Å². The van der Waals surface area contributed by atoms with Crippen LogP contribution in [0.1, 0.15) is 40.2 Å². The Kier molecular flexibility index (Phi) is 6.46. The van der Waals surface area contributed by atoms with Crippen molar-refractivity contribution in [2.24, 2.45) is 9.98 Å². The summed E-state index contributed by atoms with van der Waals surface area (Å²) in [6, 6.07) is 1.84. The fourth-order valence-corrected chi connectivity index (χ4v) is 1.78. The minimum Gasteiger partial charge on any atom is -0.310 e. The van der Waals surface area contributed by atoms with E-state index in [0.29, 0.717) is 23.5 Å². The molecule has 5 nitrogen and oxygen atoms in total. The molecule has 112 valence electrons. The van der Waals surface area contributed by atoms with Crippen LogP contribution in [0.3, 0.4) is 0 Å². The Labute approximate surface area is 125 Å². The number of allylic oxidation sites excluding steroid dienone is 1. The van der Waals surface area contributed by atoms with Gasteiger partial charge in [0.25, 0.3) is 5.91 Å². The number of fused-ring (bicyclic) bond motifs is 1. The molecule has 0 unspecified atom stereocenters. The molecule has 1 aliphatic rings. The predicted molar refractivity (Wildman–Crippen MR) is 87.1 cm³/mol. The lowest BCUT2D eigenvalue weighted by molar-refractivity contribution is -0.116. The van der Waals surface area contributed by atoms with Gasteiger partial charge in [0.05, 0.1) is 5.69 Å². The Morgan fingerprint density at radius 2 is 2.10 bits per heavy atom. The van der Waals surface area contributed by atoms with Crippen LogP contribution in [0.5, 0.6) is 0 Å². The van der Waals surface area contributed by atoms with E-state index in [1.807, 2.05) is 33.8 Å². The Hall–Kier alpha value is -2.30. The smallest absolute Gasteiger partial charge is 0.254 e. The number of amidine groups is 1. The summed E-state index contributed by atoms with van der Waals surface area (Å²) in [5, 5.41) is 2.82. The molecular formula is C16H22N4O. The molecule has 5 heteroatoms. The third kappa shape index (κ3) is 4.34. The molecule has 0 aromatic carbocycles. The molecular weight excluding hydrogens is 264 g/mol. The number of amides is 1. The molecule has 1 N–H and O–H groups in total. The average molecular weight is 286 g/mol. The summed E-state index contributed by atoms with van der Waals surface area (Å²) in [7, 11) is 0. The SMILES string of the molecule is CC.CC=N/C(C)=C(\C)C(=O)NC1=Nc2ccncc2C1. The number of aliphatic imine (C=N–C) groups is 2. The number of carbonyl (C=O) groups excluding carboxylic acids is 1. The molecule has 1 amide bonds. The van der Waals surface area contributed by atoms with Gasteiger partial charge in [0.1, 0.15) is 5.84 Å². The summed E-state index contributed by atoms with van der Waals surface area (Å²) >= 11 is 0. The van der Waals surface area contributed by atoms with E-state index in [4.69, 9.17) is 0 Å². The molecule has 0 bridgehead atoms. The Morgan fingerprint density at radius 1 is 1.38 bits per heavy atom. The second-order valence-corrected chi connectivity index (χ2v) is 4.29. The zero-order valence-electron chi connectivity index (χ0n) is 13.3. The Morgan fingerprint density at radius 3 is 2.71 bits per heavy atom. The molecule has 0 radical (unpaired) electrons. The molecule has 1 aromatic heterocycles. The van der Waals surface area contributed by atoms with Crippen LogP contribution in [0.25, 0.3) is 0 Å². The highest BCUT2D eigenvalue weighted by atomic mass is 16.1. The third-order valence-corrected chi connectivity index (χ3v) is 2.96. The number of rotatable bonds is 2. The molecule has 1 aromatic rings. The molecule has 0 aliphatic carbocycles. The van der Waals surface area contributed by atoms with Crippen molar-refractivity contribution < 1.29 is 4.79 Å². The van der Waals surface area contributed by atoms with Crippen LogP contribution in [-0.4, -0.2) is 22.9 Å². The van der Waals surface area contributed by atoms with Crippen molar-refractivity contribution in [3.05, 3.63) is 35.3 Å². The van der Waals surface area contributed by atoms with Crippen molar-refractivity contribution in [2.45, 2.75) is 41.0 Å². The molecule has 0 saturated carbocycles. The summed E-state index contributed by atoms with van der Waals surface area (Å²) in [5.41, 5.74) is 3.20. The highest BCUT2D eigenvalue weighted by molar-refractivity contribution is 6.08. The van der Waals surface area contributed by atoms with Gasteiger partial charge in [-0.3, -0.25) is 14.8 Å². The van der Waals surface area contributed by atoms with Gasteiger partial charge in [-0.05, 0) is 26.8 Å². The summed E-state index contributed by atoms with van der Waals surface area (Å²) in [5.74, 6) is 0.489. The average Bonchev–Trinajstić information content (AvgIpc) is 2.90. The maximum Gasteiger partial charge on any atom is 0.254 e. The van der Waals surface area contributed by atoms with E-state index in [1.54, 1.807) is 25.5 Å². The normalized spacial score (nSPS) is 13.9. The topological polar surface area (TPSA) is 66.7 Å². The van der Waals surface area contributed by atoms with Gasteiger partial charge in [0, 0.05) is 41.9 Å². The standard InChI is InChI=1S/C14H16N4O.C2H6/c1-4-16-10(3)9(2)14(19)18-13-7-11-8-15-6-5-12(11)17-13;1-2/h4-6,8H,7H2,1-3H3,(H,17,18,19);1-2H3/b10-9+,16-4?;. The number of nitrogens with zero attached hydrogens (tertiary/aromatic N) is 3. The van der Waals surface area contributed by atoms with Crippen LogP contribution in [0.2, 0.25) is 0 Å². The quantitative estimate of drug-likeness (QED) is 0.670. The summed E-state index contributed by atoms with van der Waals surface area (Å²) in [6.07, 6.45) is 5.74. The molecule has 1 aliphatic heterocycles. The van der Waals surface area contributed by atoms with Crippen molar-refractivity contribution in [1.29, 1.82) is 0 Å². The number of aromatic nitrogens is 1. The number of nitrogens with one attached hydrogen (secondary N) is 1. The lowest BCUT2D eigenvalue weighted by Gasteiger charge is -2.05.